The van der Waals surface area contributed by atoms with Gasteiger partial charge in [0.05, 0.1) is 6.04 Å². The van der Waals surface area contributed by atoms with E-state index in [1.165, 1.54) is 6.07 Å². The highest BCUT2D eigenvalue weighted by Crippen LogP contribution is 2.31. The number of rotatable bonds is 7. The molecule has 1 amide bonds. The molecule has 1 fully saturated rings. The number of nitrogens with one attached hydrogen (secondary N) is 1. The van der Waals surface area contributed by atoms with Gasteiger partial charge in [0.1, 0.15) is 6.61 Å². The van der Waals surface area contributed by atoms with E-state index >= 15 is 0 Å². The Labute approximate surface area is 165 Å². The molecule has 0 aromatic heterocycles. The van der Waals surface area contributed by atoms with Gasteiger partial charge in [-0.3, -0.25) is 4.79 Å². The molecule has 0 heterocycles. The van der Waals surface area contributed by atoms with Gasteiger partial charge in [-0.05, 0) is 43.0 Å². The maximum atomic E-state index is 13.8. The molecule has 0 saturated heterocycles. The van der Waals surface area contributed by atoms with Crippen LogP contribution in [0.4, 0.5) is 4.39 Å². The van der Waals surface area contributed by atoms with Crippen molar-refractivity contribution in [1.82, 2.24) is 5.32 Å². The molecular weight excluding hydrogens is 367 g/mol. The Bertz CT molecular complexity index is 729. The third-order valence-corrected chi connectivity index (χ3v) is 5.06. The smallest absolute Gasteiger partial charge is 0.224 e. The number of halogens is 2. The number of hydrogen-bond donors (Lipinski definition) is 2. The lowest BCUT2D eigenvalue weighted by Gasteiger charge is -2.24. The number of carbonyl (C=O) groups is 1. The van der Waals surface area contributed by atoms with Crippen LogP contribution in [0.5, 0.6) is 5.75 Å². The van der Waals surface area contributed by atoms with E-state index in [9.17, 15) is 9.18 Å². The molecule has 1 aliphatic carbocycles. The van der Waals surface area contributed by atoms with Crippen molar-refractivity contribution in [2.45, 2.75) is 25.3 Å². The van der Waals surface area contributed by atoms with Crippen LogP contribution in [0.1, 0.15) is 30.9 Å². The first-order chi connectivity index (χ1) is 12.7. The Morgan fingerprint density at radius 3 is 2.56 bits per heavy atom. The number of nitrogens with two attached hydrogens (primary N) is 1. The van der Waals surface area contributed by atoms with Crippen molar-refractivity contribution >= 4 is 18.3 Å². The average Bonchev–Trinajstić information content (AvgIpc) is 3.16. The minimum absolute atomic E-state index is 0. The van der Waals surface area contributed by atoms with Gasteiger partial charge in [0.2, 0.25) is 5.91 Å². The molecule has 0 spiro atoms. The molecule has 2 aromatic rings. The Morgan fingerprint density at radius 2 is 1.85 bits per heavy atom. The van der Waals surface area contributed by atoms with Crippen LogP contribution in [0.25, 0.3) is 0 Å². The maximum Gasteiger partial charge on any atom is 0.224 e. The molecule has 0 radical (unpaired) electrons. The average molecular weight is 393 g/mol. The molecule has 27 heavy (non-hydrogen) atoms. The van der Waals surface area contributed by atoms with Gasteiger partial charge >= 0.3 is 0 Å². The van der Waals surface area contributed by atoms with Crippen molar-refractivity contribution in [3.05, 3.63) is 66.0 Å². The standard InChI is InChI=1S/C21H25FN2O2.ClH/c22-18-11-4-5-12-20(18)26-14-19(15-7-2-1-3-8-15)24-21(25)17-10-6-9-16(17)13-23;/h1-5,7-8,11-12,16-17,19H,6,9-10,13-14,23H2,(H,24,25);1H/t16-,17-,19?;/m1./s1. The van der Waals surface area contributed by atoms with Crippen LogP contribution >= 0.6 is 12.4 Å². The van der Waals surface area contributed by atoms with Crippen LogP contribution in [-0.4, -0.2) is 19.1 Å². The highest BCUT2D eigenvalue weighted by atomic mass is 35.5. The number of para-hydroxylation sites is 1. The second-order valence-corrected chi connectivity index (χ2v) is 6.75. The molecule has 0 bridgehead atoms. The number of hydrogen-bond acceptors (Lipinski definition) is 3. The van der Waals surface area contributed by atoms with Crippen LogP contribution in [-0.2, 0) is 4.79 Å². The molecule has 146 valence electrons. The second-order valence-electron chi connectivity index (χ2n) is 6.75. The maximum absolute atomic E-state index is 13.8. The second kappa shape index (κ2) is 10.3. The van der Waals surface area contributed by atoms with Crippen molar-refractivity contribution in [2.75, 3.05) is 13.2 Å². The van der Waals surface area contributed by atoms with Crippen molar-refractivity contribution in [2.24, 2.45) is 17.6 Å². The van der Waals surface area contributed by atoms with Crippen LogP contribution in [0.15, 0.2) is 54.6 Å². The van der Waals surface area contributed by atoms with E-state index in [1.807, 2.05) is 30.3 Å². The van der Waals surface area contributed by atoms with E-state index in [-0.39, 0.29) is 48.5 Å². The van der Waals surface area contributed by atoms with Gasteiger partial charge in [-0.25, -0.2) is 4.39 Å². The third kappa shape index (κ3) is 5.44. The van der Waals surface area contributed by atoms with E-state index in [0.29, 0.717) is 6.54 Å². The van der Waals surface area contributed by atoms with Crippen LogP contribution in [0.3, 0.4) is 0 Å². The highest BCUT2D eigenvalue weighted by Gasteiger charge is 2.33. The molecule has 2 aromatic carbocycles. The van der Waals surface area contributed by atoms with Gasteiger partial charge in [0.15, 0.2) is 11.6 Å². The largest absolute Gasteiger partial charge is 0.488 e. The lowest BCUT2D eigenvalue weighted by atomic mass is 9.94. The Hall–Kier alpha value is -2.11. The molecule has 1 saturated carbocycles. The summed E-state index contributed by atoms with van der Waals surface area (Å²) < 4.78 is 19.5. The van der Waals surface area contributed by atoms with Gasteiger partial charge in [0, 0.05) is 5.92 Å². The first kappa shape index (κ1) is 21.2. The number of amides is 1. The number of ether oxygens (including phenoxy) is 1. The Balaban J connectivity index is 0.00000261. The summed E-state index contributed by atoms with van der Waals surface area (Å²) in [7, 11) is 0. The molecule has 1 aliphatic rings. The first-order valence-electron chi connectivity index (χ1n) is 9.11. The summed E-state index contributed by atoms with van der Waals surface area (Å²) in [5.41, 5.74) is 6.74. The van der Waals surface area contributed by atoms with Gasteiger partial charge in [-0.15, -0.1) is 12.4 Å². The molecule has 3 N–H and O–H groups in total. The van der Waals surface area contributed by atoms with Crippen molar-refractivity contribution in [1.29, 1.82) is 0 Å². The van der Waals surface area contributed by atoms with Crippen molar-refractivity contribution < 1.29 is 13.9 Å². The van der Waals surface area contributed by atoms with Gasteiger partial charge in [0.25, 0.3) is 0 Å². The topological polar surface area (TPSA) is 64.4 Å². The first-order valence-corrected chi connectivity index (χ1v) is 9.11. The lowest BCUT2D eigenvalue weighted by Crippen LogP contribution is -2.39. The van der Waals surface area contributed by atoms with E-state index in [2.05, 4.69) is 5.32 Å². The van der Waals surface area contributed by atoms with E-state index < -0.39 is 5.82 Å². The van der Waals surface area contributed by atoms with Crippen LogP contribution < -0.4 is 15.8 Å². The summed E-state index contributed by atoms with van der Waals surface area (Å²) in [6, 6.07) is 15.5. The highest BCUT2D eigenvalue weighted by molar-refractivity contribution is 5.85. The summed E-state index contributed by atoms with van der Waals surface area (Å²) in [4.78, 5) is 12.8. The van der Waals surface area contributed by atoms with Gasteiger partial charge in [-0.2, -0.15) is 0 Å². The Kier molecular flexibility index (Phi) is 8.07. The molecule has 3 atom stereocenters. The summed E-state index contributed by atoms with van der Waals surface area (Å²) in [5, 5.41) is 3.09. The van der Waals surface area contributed by atoms with Gasteiger partial charge < -0.3 is 15.8 Å². The molecule has 6 heteroatoms. The SMILES string of the molecule is Cl.NC[C@H]1CCC[C@H]1C(=O)NC(COc1ccccc1F)c1ccccc1. The minimum Gasteiger partial charge on any atom is -0.488 e. The molecular formula is C21H26ClFN2O2. The predicted octanol–water partition coefficient (Wildman–Crippen LogP) is 3.86. The zero-order valence-corrected chi connectivity index (χ0v) is 16.0. The minimum atomic E-state index is -0.412. The van der Waals surface area contributed by atoms with Crippen LogP contribution in [0, 0.1) is 17.7 Å². The Morgan fingerprint density at radius 1 is 1.15 bits per heavy atom. The number of benzene rings is 2. The van der Waals surface area contributed by atoms with Crippen LogP contribution in [0.2, 0.25) is 0 Å². The van der Waals surface area contributed by atoms with Crippen molar-refractivity contribution in [3.63, 3.8) is 0 Å². The van der Waals surface area contributed by atoms with E-state index in [4.69, 9.17) is 10.5 Å². The lowest BCUT2D eigenvalue weighted by molar-refractivity contribution is -0.127. The summed E-state index contributed by atoms with van der Waals surface area (Å²) in [5.74, 6) is -0.0458. The fourth-order valence-electron chi connectivity index (χ4n) is 3.58. The summed E-state index contributed by atoms with van der Waals surface area (Å²) >= 11 is 0. The third-order valence-electron chi connectivity index (χ3n) is 5.06. The fraction of sp³-hybridized carbons (Fsp3) is 0.381. The number of carbonyl (C=O) groups excluding carboxylic acids is 1. The predicted molar refractivity (Wildman–Crippen MR) is 106 cm³/mol. The molecule has 3 rings (SSSR count). The van der Waals surface area contributed by atoms with Gasteiger partial charge in [-0.1, -0.05) is 48.9 Å². The molecule has 1 unspecified atom stereocenters. The summed E-state index contributed by atoms with van der Waals surface area (Å²) in [6.07, 6.45) is 2.89. The normalized spacial score (nSPS) is 19.8. The van der Waals surface area contributed by atoms with E-state index in [1.54, 1.807) is 18.2 Å². The molecule has 4 nitrogen and oxygen atoms in total. The quantitative estimate of drug-likeness (QED) is 0.752. The van der Waals surface area contributed by atoms with Crippen molar-refractivity contribution in [3.8, 4) is 5.75 Å². The monoisotopic (exact) mass is 392 g/mol. The fourth-order valence-corrected chi connectivity index (χ4v) is 3.58. The van der Waals surface area contributed by atoms with E-state index in [0.717, 1.165) is 24.8 Å². The zero-order valence-electron chi connectivity index (χ0n) is 15.1. The molecule has 0 aliphatic heterocycles. The zero-order chi connectivity index (χ0) is 18.4. The summed E-state index contributed by atoms with van der Waals surface area (Å²) in [6.45, 7) is 0.691.